The smallest absolute Gasteiger partial charge is 0.348 e. The summed E-state index contributed by atoms with van der Waals surface area (Å²) in [5.41, 5.74) is 1.74. The molecule has 0 aliphatic heterocycles. The number of fused-ring (bicyclic) bond motifs is 1. The van der Waals surface area contributed by atoms with Crippen molar-refractivity contribution in [3.8, 4) is 11.3 Å². The summed E-state index contributed by atoms with van der Waals surface area (Å²) in [6, 6.07) is 14.3. The molecule has 1 aliphatic rings. The molecular formula is C28H33N5O3S. The number of anilines is 2. The topological polar surface area (TPSA) is 92.5 Å². The number of ether oxygens (including phenoxy) is 1. The van der Waals surface area contributed by atoms with Crippen molar-refractivity contribution >= 4 is 40.0 Å². The van der Waals surface area contributed by atoms with Gasteiger partial charge in [0.25, 0.3) is 0 Å². The number of hydrogen-bond donors (Lipinski definition) is 2. The second-order valence-corrected chi connectivity index (χ2v) is 10.6. The first kappa shape index (κ1) is 25.2. The van der Waals surface area contributed by atoms with Gasteiger partial charge in [-0.3, -0.25) is 0 Å². The number of carbonyl (C=O) groups excluding carboxylic acids is 1. The fourth-order valence-electron chi connectivity index (χ4n) is 4.93. The van der Waals surface area contributed by atoms with E-state index in [9.17, 15) is 4.79 Å². The highest BCUT2D eigenvalue weighted by molar-refractivity contribution is 7.12. The van der Waals surface area contributed by atoms with Gasteiger partial charge in [-0.15, -0.1) is 11.3 Å². The Labute approximate surface area is 221 Å². The Morgan fingerprint density at radius 1 is 1.11 bits per heavy atom. The Morgan fingerprint density at radius 2 is 1.92 bits per heavy atom. The van der Waals surface area contributed by atoms with E-state index in [2.05, 4.69) is 16.7 Å². The van der Waals surface area contributed by atoms with E-state index < -0.39 is 0 Å². The monoisotopic (exact) mass is 519 g/mol. The van der Waals surface area contributed by atoms with Crippen molar-refractivity contribution < 1.29 is 13.9 Å². The van der Waals surface area contributed by atoms with Crippen molar-refractivity contribution in [2.24, 2.45) is 5.92 Å². The molecule has 8 nitrogen and oxygen atoms in total. The summed E-state index contributed by atoms with van der Waals surface area (Å²) in [7, 11) is 5.43. The van der Waals surface area contributed by atoms with Crippen LogP contribution in [0.1, 0.15) is 41.1 Å². The molecule has 2 N–H and O–H groups in total. The number of esters is 1. The molecule has 1 saturated carbocycles. The minimum atomic E-state index is -0.337. The van der Waals surface area contributed by atoms with Crippen LogP contribution in [-0.2, 0) is 11.3 Å². The second kappa shape index (κ2) is 11.3. The lowest BCUT2D eigenvalue weighted by Crippen LogP contribution is -2.31. The maximum atomic E-state index is 12.0. The van der Waals surface area contributed by atoms with Gasteiger partial charge in [-0.2, -0.15) is 4.98 Å². The number of benzene rings is 1. The lowest BCUT2D eigenvalue weighted by atomic mass is 9.86. The number of hydrogen-bond acceptors (Lipinski definition) is 9. The lowest BCUT2D eigenvalue weighted by Gasteiger charge is -2.29. The number of para-hydroxylation sites is 1. The summed E-state index contributed by atoms with van der Waals surface area (Å²) in [5, 5.41) is 10.1. The summed E-state index contributed by atoms with van der Waals surface area (Å²) < 4.78 is 10.9. The average molecular weight is 520 g/mol. The van der Waals surface area contributed by atoms with Crippen molar-refractivity contribution in [2.45, 2.75) is 38.3 Å². The molecule has 4 aromatic rings. The molecular weight excluding hydrogens is 486 g/mol. The van der Waals surface area contributed by atoms with E-state index in [4.69, 9.17) is 19.1 Å². The Hall–Kier alpha value is -3.43. The molecule has 194 valence electrons. The number of rotatable bonds is 9. The maximum Gasteiger partial charge on any atom is 0.348 e. The first-order valence-electron chi connectivity index (χ1n) is 12.7. The van der Waals surface area contributed by atoms with Gasteiger partial charge in [0.15, 0.2) is 0 Å². The SMILES string of the molecule is COC(=O)c1sccc1-c1ccc(CNCC2CCC(Nc3nc(N(C)C)c4ccccc4n3)CC2)o1. The number of nitrogens with zero attached hydrogens (tertiary/aromatic N) is 3. The van der Waals surface area contributed by atoms with Gasteiger partial charge >= 0.3 is 5.97 Å². The fourth-order valence-corrected chi connectivity index (χ4v) is 5.75. The van der Waals surface area contributed by atoms with Gasteiger partial charge in [0.2, 0.25) is 5.95 Å². The molecule has 0 saturated heterocycles. The maximum absolute atomic E-state index is 12.0. The molecule has 0 spiro atoms. The van der Waals surface area contributed by atoms with Crippen LogP contribution in [0.3, 0.4) is 0 Å². The summed E-state index contributed by atoms with van der Waals surface area (Å²) in [6.07, 6.45) is 4.50. The Kier molecular flexibility index (Phi) is 7.71. The molecule has 1 fully saturated rings. The first-order valence-corrected chi connectivity index (χ1v) is 13.6. The normalized spacial score (nSPS) is 17.6. The highest BCUT2D eigenvalue weighted by atomic mass is 32.1. The number of nitrogens with one attached hydrogen (secondary N) is 2. The zero-order valence-corrected chi connectivity index (χ0v) is 22.3. The summed E-state index contributed by atoms with van der Waals surface area (Å²) in [5.74, 6) is 3.49. The molecule has 37 heavy (non-hydrogen) atoms. The van der Waals surface area contributed by atoms with Crippen molar-refractivity contribution in [3.05, 3.63) is 58.5 Å². The van der Waals surface area contributed by atoms with Crippen LogP contribution >= 0.6 is 11.3 Å². The molecule has 1 aromatic carbocycles. The molecule has 3 heterocycles. The van der Waals surface area contributed by atoms with E-state index >= 15 is 0 Å². The minimum Gasteiger partial charge on any atom is -0.465 e. The van der Waals surface area contributed by atoms with Gasteiger partial charge in [0.05, 0.1) is 19.2 Å². The Balaban J connectivity index is 1.10. The van der Waals surface area contributed by atoms with Crippen LogP contribution in [0.2, 0.25) is 0 Å². The minimum absolute atomic E-state index is 0.337. The van der Waals surface area contributed by atoms with Gasteiger partial charge in [0, 0.05) is 31.1 Å². The number of furan rings is 1. The van der Waals surface area contributed by atoms with Crippen LogP contribution in [-0.4, -0.2) is 49.7 Å². The van der Waals surface area contributed by atoms with E-state index in [0.717, 1.165) is 60.3 Å². The second-order valence-electron chi connectivity index (χ2n) is 9.70. The predicted molar refractivity (Wildman–Crippen MR) is 148 cm³/mol. The van der Waals surface area contributed by atoms with Gasteiger partial charge in [-0.05, 0) is 73.9 Å². The Morgan fingerprint density at radius 3 is 2.70 bits per heavy atom. The van der Waals surface area contributed by atoms with Gasteiger partial charge in [-0.25, -0.2) is 9.78 Å². The van der Waals surface area contributed by atoms with Crippen molar-refractivity contribution in [1.29, 1.82) is 0 Å². The summed E-state index contributed by atoms with van der Waals surface area (Å²) >= 11 is 1.36. The molecule has 0 atom stereocenters. The quantitative estimate of drug-likeness (QED) is 0.278. The van der Waals surface area contributed by atoms with Gasteiger partial charge in [0.1, 0.15) is 22.2 Å². The fraction of sp³-hybridized carbons (Fsp3) is 0.393. The van der Waals surface area contributed by atoms with Crippen molar-refractivity contribution in [1.82, 2.24) is 15.3 Å². The molecule has 0 unspecified atom stereocenters. The molecule has 0 amide bonds. The largest absolute Gasteiger partial charge is 0.465 e. The molecule has 0 bridgehead atoms. The van der Waals surface area contributed by atoms with E-state index in [-0.39, 0.29) is 5.97 Å². The van der Waals surface area contributed by atoms with Crippen LogP contribution < -0.4 is 15.5 Å². The standard InChI is InChI=1S/C28H33N5O3S/c1-33(2)26-21-6-4-5-7-23(21)31-28(32-26)30-19-10-8-18(9-11-19)16-29-17-20-12-13-24(36-20)22-14-15-37-25(22)27(34)35-3/h4-7,12-15,18-19,29H,8-11,16-17H2,1-3H3,(H,30,31,32). The van der Waals surface area contributed by atoms with Crippen molar-refractivity contribution in [3.63, 3.8) is 0 Å². The molecule has 0 radical (unpaired) electrons. The van der Waals surface area contributed by atoms with Gasteiger partial charge < -0.3 is 24.7 Å². The average Bonchev–Trinajstić information content (AvgIpc) is 3.58. The zero-order chi connectivity index (χ0) is 25.8. The van der Waals surface area contributed by atoms with E-state index in [1.165, 1.54) is 18.4 Å². The van der Waals surface area contributed by atoms with Crippen LogP contribution in [0.4, 0.5) is 11.8 Å². The Bertz CT molecular complexity index is 1360. The number of thiophene rings is 1. The third kappa shape index (κ3) is 5.78. The molecule has 5 rings (SSSR count). The highest BCUT2D eigenvalue weighted by Crippen LogP contribution is 2.31. The number of methoxy groups -OCH3 is 1. The number of carbonyl (C=O) groups is 1. The van der Waals surface area contributed by atoms with Crippen LogP contribution in [0, 0.1) is 5.92 Å². The molecule has 9 heteroatoms. The summed E-state index contributed by atoms with van der Waals surface area (Å²) in [4.78, 5) is 24.1. The summed E-state index contributed by atoms with van der Waals surface area (Å²) in [6.45, 7) is 1.61. The third-order valence-corrected chi connectivity index (χ3v) is 7.78. The van der Waals surface area contributed by atoms with Gasteiger partial charge in [-0.1, -0.05) is 12.1 Å². The number of aromatic nitrogens is 2. The molecule has 3 aromatic heterocycles. The van der Waals surface area contributed by atoms with Crippen LogP contribution in [0.25, 0.3) is 22.2 Å². The first-order chi connectivity index (χ1) is 18.0. The predicted octanol–water partition coefficient (Wildman–Crippen LogP) is 5.56. The highest BCUT2D eigenvalue weighted by Gasteiger charge is 2.22. The zero-order valence-electron chi connectivity index (χ0n) is 21.5. The van der Waals surface area contributed by atoms with E-state index in [1.807, 2.05) is 60.8 Å². The van der Waals surface area contributed by atoms with E-state index in [0.29, 0.717) is 35.1 Å². The molecule has 1 aliphatic carbocycles. The van der Waals surface area contributed by atoms with Crippen molar-refractivity contribution in [2.75, 3.05) is 38.0 Å². The van der Waals surface area contributed by atoms with E-state index in [1.54, 1.807) is 0 Å². The lowest BCUT2D eigenvalue weighted by molar-refractivity contribution is 0.0607. The third-order valence-electron chi connectivity index (χ3n) is 6.88. The van der Waals surface area contributed by atoms with Crippen LogP contribution in [0.15, 0.2) is 52.3 Å². The van der Waals surface area contributed by atoms with Crippen LogP contribution in [0.5, 0.6) is 0 Å².